The molecule has 0 amide bonds. The lowest BCUT2D eigenvalue weighted by molar-refractivity contribution is -0.156. The maximum absolute atomic E-state index is 10.7. The van der Waals surface area contributed by atoms with Gasteiger partial charge in [0.05, 0.1) is 0 Å². The minimum atomic E-state index is -0.374. The van der Waals surface area contributed by atoms with Crippen LogP contribution >= 0.6 is 0 Å². The Kier molecular flexibility index (Phi) is 6.45. The van der Waals surface area contributed by atoms with Gasteiger partial charge in [-0.25, -0.2) is 0 Å². The molecule has 0 saturated carbocycles. The third-order valence-corrected chi connectivity index (χ3v) is 1.50. The number of allylic oxidation sites excluding steroid dienone is 1. The summed E-state index contributed by atoms with van der Waals surface area (Å²) >= 11 is 0. The number of hydrogen-bond donors (Lipinski definition) is 0. The van der Waals surface area contributed by atoms with Gasteiger partial charge in [0.25, 0.3) is 0 Å². The molecule has 1 atom stereocenters. The number of ether oxygens (including phenoxy) is 2. The van der Waals surface area contributed by atoms with E-state index in [2.05, 4.69) is 6.58 Å². The van der Waals surface area contributed by atoms with Gasteiger partial charge in [-0.15, -0.1) is 6.58 Å². The second kappa shape index (κ2) is 7.12. The monoisotopic (exact) mass is 200 g/mol. The molecule has 1 unspecified atom stereocenters. The predicted octanol–water partition coefficient (Wildman–Crippen LogP) is 1.45. The highest BCUT2D eigenvalue weighted by molar-refractivity contribution is 5.67. The van der Waals surface area contributed by atoms with E-state index in [4.69, 9.17) is 9.47 Å². The van der Waals surface area contributed by atoms with Gasteiger partial charge >= 0.3 is 11.9 Å². The van der Waals surface area contributed by atoms with Gasteiger partial charge < -0.3 is 9.47 Å². The lowest BCUT2D eigenvalue weighted by atomic mass is 10.2. The van der Waals surface area contributed by atoms with Gasteiger partial charge in [0.1, 0.15) is 12.7 Å². The lowest BCUT2D eigenvalue weighted by Crippen LogP contribution is -2.23. The fourth-order valence-electron chi connectivity index (χ4n) is 0.925. The molecule has 0 saturated heterocycles. The summed E-state index contributed by atoms with van der Waals surface area (Å²) in [5.41, 5.74) is 0. The Hall–Kier alpha value is -1.32. The maximum atomic E-state index is 10.7. The van der Waals surface area contributed by atoms with Gasteiger partial charge in [0, 0.05) is 13.8 Å². The fraction of sp³-hybridized carbons (Fsp3) is 0.600. The first-order valence-electron chi connectivity index (χ1n) is 4.47. The molecule has 4 nitrogen and oxygen atoms in total. The van der Waals surface area contributed by atoms with Crippen LogP contribution in [0, 0.1) is 0 Å². The van der Waals surface area contributed by atoms with Gasteiger partial charge in [-0.05, 0) is 12.8 Å². The van der Waals surface area contributed by atoms with Crippen molar-refractivity contribution >= 4 is 11.9 Å². The lowest BCUT2D eigenvalue weighted by Gasteiger charge is -2.15. The van der Waals surface area contributed by atoms with E-state index in [-0.39, 0.29) is 24.6 Å². The largest absolute Gasteiger partial charge is 0.462 e. The molecule has 80 valence electrons. The van der Waals surface area contributed by atoms with Crippen molar-refractivity contribution in [3.63, 3.8) is 0 Å². The summed E-state index contributed by atoms with van der Waals surface area (Å²) in [5.74, 6) is -0.744. The molecule has 14 heavy (non-hydrogen) atoms. The summed E-state index contributed by atoms with van der Waals surface area (Å²) in [6.07, 6.45) is 2.70. The van der Waals surface area contributed by atoms with Crippen molar-refractivity contribution < 1.29 is 19.1 Å². The number of carbonyl (C=O) groups excluding carboxylic acids is 2. The smallest absolute Gasteiger partial charge is 0.303 e. The van der Waals surface area contributed by atoms with Crippen LogP contribution in [0.4, 0.5) is 0 Å². The van der Waals surface area contributed by atoms with Crippen molar-refractivity contribution in [2.45, 2.75) is 32.8 Å². The molecular weight excluding hydrogens is 184 g/mol. The Bertz CT molecular complexity index is 210. The van der Waals surface area contributed by atoms with Crippen LogP contribution in [-0.4, -0.2) is 24.6 Å². The fourth-order valence-corrected chi connectivity index (χ4v) is 0.925. The molecule has 0 aromatic heterocycles. The SMILES string of the molecule is C=CCCC(COC(C)=O)OC(C)=O. The van der Waals surface area contributed by atoms with E-state index in [0.717, 1.165) is 6.42 Å². The molecular formula is C10H16O4. The molecule has 0 radical (unpaired) electrons. The number of carbonyl (C=O) groups is 2. The summed E-state index contributed by atoms with van der Waals surface area (Å²) < 4.78 is 9.69. The molecule has 0 aliphatic rings. The first kappa shape index (κ1) is 12.7. The van der Waals surface area contributed by atoms with E-state index in [0.29, 0.717) is 6.42 Å². The molecule has 0 aromatic carbocycles. The quantitative estimate of drug-likeness (QED) is 0.481. The van der Waals surface area contributed by atoms with Crippen LogP contribution in [0.1, 0.15) is 26.7 Å². The van der Waals surface area contributed by atoms with E-state index >= 15 is 0 Å². The highest BCUT2D eigenvalue weighted by Gasteiger charge is 2.12. The zero-order chi connectivity index (χ0) is 11.0. The summed E-state index contributed by atoms with van der Waals surface area (Å²) in [4.78, 5) is 21.2. The number of hydrogen-bond acceptors (Lipinski definition) is 4. The second-order valence-corrected chi connectivity index (χ2v) is 2.90. The van der Waals surface area contributed by atoms with Crippen molar-refractivity contribution in [1.82, 2.24) is 0 Å². The Morgan fingerprint density at radius 2 is 2.00 bits per heavy atom. The third kappa shape index (κ3) is 7.34. The first-order valence-corrected chi connectivity index (χ1v) is 4.47. The summed E-state index contributed by atoms with van der Waals surface area (Å²) in [5, 5.41) is 0. The Labute approximate surface area is 83.9 Å². The van der Waals surface area contributed by atoms with E-state index in [1.165, 1.54) is 13.8 Å². The van der Waals surface area contributed by atoms with Gasteiger partial charge in [0.15, 0.2) is 0 Å². The molecule has 0 rings (SSSR count). The molecule has 0 heterocycles. The van der Waals surface area contributed by atoms with E-state index < -0.39 is 0 Å². The minimum absolute atomic E-state index is 0.114. The van der Waals surface area contributed by atoms with Gasteiger partial charge in [-0.3, -0.25) is 9.59 Å². The number of esters is 2. The highest BCUT2D eigenvalue weighted by Crippen LogP contribution is 2.04. The Balaban J connectivity index is 3.89. The average Bonchev–Trinajstić information content (AvgIpc) is 2.09. The van der Waals surface area contributed by atoms with Crippen LogP contribution in [-0.2, 0) is 19.1 Å². The first-order chi connectivity index (χ1) is 6.56. The summed E-state index contributed by atoms with van der Waals surface area (Å²) in [6.45, 7) is 6.32. The van der Waals surface area contributed by atoms with Crippen LogP contribution in [0.25, 0.3) is 0 Å². The average molecular weight is 200 g/mol. The van der Waals surface area contributed by atoms with Crippen molar-refractivity contribution in [2.24, 2.45) is 0 Å². The van der Waals surface area contributed by atoms with Crippen LogP contribution in [0.2, 0.25) is 0 Å². The van der Waals surface area contributed by atoms with E-state index in [1.807, 2.05) is 0 Å². The molecule has 4 heteroatoms. The van der Waals surface area contributed by atoms with Crippen LogP contribution in [0.3, 0.4) is 0 Å². The van der Waals surface area contributed by atoms with E-state index in [1.54, 1.807) is 6.08 Å². The second-order valence-electron chi connectivity index (χ2n) is 2.90. The van der Waals surface area contributed by atoms with Crippen LogP contribution < -0.4 is 0 Å². The summed E-state index contributed by atoms with van der Waals surface area (Å²) in [6, 6.07) is 0. The third-order valence-electron chi connectivity index (χ3n) is 1.50. The molecule has 0 aliphatic carbocycles. The van der Waals surface area contributed by atoms with Crippen molar-refractivity contribution in [3.8, 4) is 0 Å². The van der Waals surface area contributed by atoms with Crippen LogP contribution in [0.5, 0.6) is 0 Å². The zero-order valence-corrected chi connectivity index (χ0v) is 8.62. The van der Waals surface area contributed by atoms with Gasteiger partial charge in [-0.1, -0.05) is 6.08 Å². The molecule has 0 N–H and O–H groups in total. The topological polar surface area (TPSA) is 52.6 Å². The summed E-state index contributed by atoms with van der Waals surface area (Å²) in [7, 11) is 0. The molecule has 0 bridgehead atoms. The Morgan fingerprint density at radius 3 is 2.43 bits per heavy atom. The van der Waals surface area contributed by atoms with E-state index in [9.17, 15) is 9.59 Å². The van der Waals surface area contributed by atoms with Crippen molar-refractivity contribution in [3.05, 3.63) is 12.7 Å². The normalized spacial score (nSPS) is 11.6. The maximum Gasteiger partial charge on any atom is 0.303 e. The molecule has 0 fully saturated rings. The minimum Gasteiger partial charge on any atom is -0.462 e. The molecule has 0 spiro atoms. The van der Waals surface area contributed by atoms with Gasteiger partial charge in [-0.2, -0.15) is 0 Å². The zero-order valence-electron chi connectivity index (χ0n) is 8.62. The Morgan fingerprint density at radius 1 is 1.36 bits per heavy atom. The standard InChI is InChI=1S/C10H16O4/c1-4-5-6-10(14-9(3)12)7-13-8(2)11/h4,10H,1,5-7H2,2-3H3. The van der Waals surface area contributed by atoms with Gasteiger partial charge in [0.2, 0.25) is 0 Å². The number of rotatable bonds is 6. The molecule has 0 aliphatic heterocycles. The van der Waals surface area contributed by atoms with Crippen molar-refractivity contribution in [1.29, 1.82) is 0 Å². The van der Waals surface area contributed by atoms with Crippen molar-refractivity contribution in [2.75, 3.05) is 6.61 Å². The van der Waals surface area contributed by atoms with Crippen LogP contribution in [0.15, 0.2) is 12.7 Å². The predicted molar refractivity (Wildman–Crippen MR) is 51.6 cm³/mol. The highest BCUT2D eigenvalue weighted by atomic mass is 16.6. The molecule has 0 aromatic rings.